The third-order valence-electron chi connectivity index (χ3n) is 3.55. The predicted molar refractivity (Wildman–Crippen MR) is 60.4 cm³/mol. The van der Waals surface area contributed by atoms with E-state index in [1.807, 2.05) is 0 Å². The summed E-state index contributed by atoms with van der Waals surface area (Å²) in [5.41, 5.74) is -0.0274. The first-order chi connectivity index (χ1) is 7.83. The summed E-state index contributed by atoms with van der Waals surface area (Å²) in [7, 11) is 0. The largest absolute Gasteiger partial charge is 0.343 e. The molecule has 2 fully saturated rings. The van der Waals surface area contributed by atoms with Crippen molar-refractivity contribution < 1.29 is 0 Å². The minimum absolute atomic E-state index is 0.0274. The Bertz CT molecular complexity index is 412. The van der Waals surface area contributed by atoms with E-state index in [0.717, 1.165) is 38.3 Å². The van der Waals surface area contributed by atoms with Gasteiger partial charge in [0.05, 0.1) is 0 Å². The first-order valence-corrected chi connectivity index (χ1v) is 6.20. The lowest BCUT2D eigenvalue weighted by atomic mass is 9.98. The van der Waals surface area contributed by atoms with Crippen LogP contribution >= 0.6 is 0 Å². The van der Waals surface area contributed by atoms with Gasteiger partial charge in [-0.05, 0) is 44.7 Å². The number of hydrogen-bond acceptors (Lipinski definition) is 3. The topological polar surface area (TPSA) is 62.7 Å². The quantitative estimate of drug-likeness (QED) is 0.780. The highest BCUT2D eigenvalue weighted by atomic mass is 16.1. The fourth-order valence-electron chi connectivity index (χ4n) is 2.35. The standard InChI is InChI=1S/C11H18N4O/c16-11-13-10(9-1-2-9)14-15(11)7-8-3-5-12-6-4-8/h8-9,12H,1-7H2,(H,13,14,16). The number of hydrogen-bond donors (Lipinski definition) is 2. The Labute approximate surface area is 94.2 Å². The van der Waals surface area contributed by atoms with Crippen LogP contribution in [0.5, 0.6) is 0 Å². The number of aromatic nitrogens is 3. The van der Waals surface area contributed by atoms with E-state index in [4.69, 9.17) is 0 Å². The maximum atomic E-state index is 11.7. The number of rotatable bonds is 3. The van der Waals surface area contributed by atoms with E-state index in [-0.39, 0.29) is 5.69 Å². The summed E-state index contributed by atoms with van der Waals surface area (Å²) in [5, 5.41) is 7.73. The van der Waals surface area contributed by atoms with Crippen molar-refractivity contribution in [1.82, 2.24) is 20.1 Å². The average Bonchev–Trinajstić information content (AvgIpc) is 3.07. The maximum Gasteiger partial charge on any atom is 0.343 e. The summed E-state index contributed by atoms with van der Waals surface area (Å²) in [6.45, 7) is 2.92. The molecule has 1 aromatic rings. The average molecular weight is 222 g/mol. The summed E-state index contributed by atoms with van der Waals surface area (Å²) in [4.78, 5) is 14.6. The second-order valence-corrected chi connectivity index (χ2v) is 4.97. The third-order valence-corrected chi connectivity index (χ3v) is 3.55. The van der Waals surface area contributed by atoms with E-state index >= 15 is 0 Å². The molecule has 1 saturated heterocycles. The Morgan fingerprint density at radius 2 is 2.00 bits per heavy atom. The Morgan fingerprint density at radius 1 is 1.25 bits per heavy atom. The van der Waals surface area contributed by atoms with Crippen LogP contribution in [0.4, 0.5) is 0 Å². The predicted octanol–water partition coefficient (Wildman–Crippen LogP) is 0.448. The number of nitrogens with zero attached hydrogens (tertiary/aromatic N) is 2. The molecule has 0 spiro atoms. The van der Waals surface area contributed by atoms with E-state index in [1.54, 1.807) is 4.68 Å². The molecule has 5 heteroatoms. The summed E-state index contributed by atoms with van der Waals surface area (Å²) in [5.74, 6) is 2.04. The van der Waals surface area contributed by atoms with Crippen LogP contribution in [-0.4, -0.2) is 27.9 Å². The fourth-order valence-corrected chi connectivity index (χ4v) is 2.35. The van der Waals surface area contributed by atoms with Gasteiger partial charge in [0, 0.05) is 12.5 Å². The van der Waals surface area contributed by atoms with E-state index < -0.39 is 0 Å². The van der Waals surface area contributed by atoms with Crippen LogP contribution in [0.15, 0.2) is 4.79 Å². The molecule has 0 atom stereocenters. The van der Waals surface area contributed by atoms with E-state index in [2.05, 4.69) is 15.4 Å². The fraction of sp³-hybridized carbons (Fsp3) is 0.818. The lowest BCUT2D eigenvalue weighted by molar-refractivity contribution is 0.316. The molecule has 3 rings (SSSR count). The van der Waals surface area contributed by atoms with Crippen molar-refractivity contribution in [3.05, 3.63) is 16.3 Å². The molecule has 1 aromatic heterocycles. The van der Waals surface area contributed by atoms with Crippen molar-refractivity contribution in [1.29, 1.82) is 0 Å². The molecule has 2 aliphatic rings. The van der Waals surface area contributed by atoms with Crippen LogP contribution in [0.2, 0.25) is 0 Å². The summed E-state index contributed by atoms with van der Waals surface area (Å²) in [6, 6.07) is 0. The Hall–Kier alpha value is -1.10. The lowest BCUT2D eigenvalue weighted by Gasteiger charge is -2.21. The molecular formula is C11H18N4O. The van der Waals surface area contributed by atoms with Gasteiger partial charge in [-0.15, -0.1) is 0 Å². The van der Waals surface area contributed by atoms with Gasteiger partial charge in [-0.3, -0.25) is 4.98 Å². The highest BCUT2D eigenvalue weighted by Gasteiger charge is 2.28. The zero-order chi connectivity index (χ0) is 11.0. The van der Waals surface area contributed by atoms with Crippen molar-refractivity contribution >= 4 is 0 Å². The van der Waals surface area contributed by atoms with E-state index in [9.17, 15) is 4.79 Å². The zero-order valence-electron chi connectivity index (χ0n) is 9.41. The van der Waals surface area contributed by atoms with Gasteiger partial charge in [-0.1, -0.05) is 0 Å². The van der Waals surface area contributed by atoms with Crippen molar-refractivity contribution in [2.24, 2.45) is 5.92 Å². The van der Waals surface area contributed by atoms with Crippen LogP contribution in [-0.2, 0) is 6.54 Å². The zero-order valence-corrected chi connectivity index (χ0v) is 9.41. The molecule has 0 unspecified atom stereocenters. The molecule has 1 aliphatic carbocycles. The van der Waals surface area contributed by atoms with Crippen molar-refractivity contribution in [2.75, 3.05) is 13.1 Å². The Kier molecular flexibility index (Phi) is 2.55. The molecule has 16 heavy (non-hydrogen) atoms. The molecule has 0 amide bonds. The third kappa shape index (κ3) is 2.04. The monoisotopic (exact) mass is 222 g/mol. The Morgan fingerprint density at radius 3 is 2.69 bits per heavy atom. The van der Waals surface area contributed by atoms with Crippen LogP contribution < -0.4 is 11.0 Å². The van der Waals surface area contributed by atoms with Crippen LogP contribution in [0.25, 0.3) is 0 Å². The lowest BCUT2D eigenvalue weighted by Crippen LogP contribution is -2.32. The second-order valence-electron chi connectivity index (χ2n) is 4.97. The number of piperidine rings is 1. The molecular weight excluding hydrogens is 204 g/mol. The van der Waals surface area contributed by atoms with Gasteiger partial charge < -0.3 is 5.32 Å². The molecule has 0 aromatic carbocycles. The van der Waals surface area contributed by atoms with Gasteiger partial charge in [0.2, 0.25) is 0 Å². The van der Waals surface area contributed by atoms with Crippen LogP contribution in [0.3, 0.4) is 0 Å². The number of H-pyrrole nitrogens is 1. The highest BCUT2D eigenvalue weighted by molar-refractivity contribution is 5.02. The molecule has 2 N–H and O–H groups in total. The molecule has 88 valence electrons. The van der Waals surface area contributed by atoms with E-state index in [1.165, 1.54) is 12.8 Å². The van der Waals surface area contributed by atoms with Crippen LogP contribution in [0, 0.1) is 5.92 Å². The molecule has 5 nitrogen and oxygen atoms in total. The Balaban J connectivity index is 1.70. The van der Waals surface area contributed by atoms with Crippen LogP contribution in [0.1, 0.15) is 37.4 Å². The van der Waals surface area contributed by atoms with Crippen molar-refractivity contribution in [3.8, 4) is 0 Å². The maximum absolute atomic E-state index is 11.7. The second kappa shape index (κ2) is 4.05. The van der Waals surface area contributed by atoms with Gasteiger partial charge in [0.1, 0.15) is 5.82 Å². The SMILES string of the molecule is O=c1[nH]c(C2CC2)nn1CC1CCNCC1. The first-order valence-electron chi connectivity index (χ1n) is 6.20. The van der Waals surface area contributed by atoms with E-state index in [0.29, 0.717) is 11.8 Å². The van der Waals surface area contributed by atoms with Crippen molar-refractivity contribution in [3.63, 3.8) is 0 Å². The molecule has 0 radical (unpaired) electrons. The number of nitrogens with one attached hydrogen (secondary N) is 2. The number of aromatic amines is 1. The molecule has 2 heterocycles. The summed E-state index contributed by atoms with van der Waals surface area (Å²) < 4.78 is 1.63. The highest BCUT2D eigenvalue weighted by Crippen LogP contribution is 2.37. The van der Waals surface area contributed by atoms with Gasteiger partial charge in [0.25, 0.3) is 0 Å². The minimum atomic E-state index is -0.0274. The summed E-state index contributed by atoms with van der Waals surface area (Å²) in [6.07, 6.45) is 4.66. The first kappa shape index (κ1) is 10.1. The van der Waals surface area contributed by atoms with Gasteiger partial charge in [-0.25, -0.2) is 9.48 Å². The van der Waals surface area contributed by atoms with Gasteiger partial charge >= 0.3 is 5.69 Å². The normalized spacial score (nSPS) is 22.5. The van der Waals surface area contributed by atoms with Crippen molar-refractivity contribution in [2.45, 2.75) is 38.1 Å². The van der Waals surface area contributed by atoms with Gasteiger partial charge in [0.15, 0.2) is 0 Å². The smallest absolute Gasteiger partial charge is 0.317 e. The molecule has 0 bridgehead atoms. The van der Waals surface area contributed by atoms with Gasteiger partial charge in [-0.2, -0.15) is 5.10 Å². The minimum Gasteiger partial charge on any atom is -0.317 e. The molecule has 1 saturated carbocycles. The summed E-state index contributed by atoms with van der Waals surface area (Å²) >= 11 is 0. The molecule has 1 aliphatic heterocycles.